The first kappa shape index (κ1) is 29.5. The van der Waals surface area contributed by atoms with Crippen molar-refractivity contribution in [3.63, 3.8) is 0 Å². The fourth-order valence-electron chi connectivity index (χ4n) is 7.27. The number of likely N-dealkylation sites (tertiary alicyclic amines) is 1. The highest BCUT2D eigenvalue weighted by atomic mass is 16.4. The molecule has 0 aromatic heterocycles. The van der Waals surface area contributed by atoms with Crippen LogP contribution in [0.1, 0.15) is 48.5 Å². The third-order valence-corrected chi connectivity index (χ3v) is 9.52. The summed E-state index contributed by atoms with van der Waals surface area (Å²) in [5.74, 6) is -9.33. The van der Waals surface area contributed by atoms with Gasteiger partial charge >= 0.3 is 6.03 Å². The van der Waals surface area contributed by atoms with Crippen LogP contribution in [0.25, 0.3) is 0 Å². The average Bonchev–Trinajstić information content (AvgIpc) is 3.41. The van der Waals surface area contributed by atoms with Gasteiger partial charge in [0, 0.05) is 24.6 Å². The van der Waals surface area contributed by atoms with E-state index in [1.807, 2.05) is 6.92 Å². The first-order chi connectivity index (χ1) is 19.7. The first-order valence-corrected chi connectivity index (χ1v) is 13.9. The van der Waals surface area contributed by atoms with Crippen molar-refractivity contribution in [2.45, 2.75) is 50.4 Å². The maximum Gasteiger partial charge on any atom is 0.321 e. The van der Waals surface area contributed by atoms with Crippen molar-refractivity contribution in [1.82, 2.24) is 9.80 Å². The maximum atomic E-state index is 14.0. The van der Waals surface area contributed by atoms with Crippen LogP contribution in [0.2, 0.25) is 0 Å². The Hall–Kier alpha value is -3.94. The molecule has 1 fully saturated rings. The van der Waals surface area contributed by atoms with E-state index in [1.54, 1.807) is 11.8 Å². The number of hydrogen-bond acceptors (Lipinski definition) is 10. The minimum atomic E-state index is -2.99. The first-order valence-electron chi connectivity index (χ1n) is 13.9. The number of ketones is 2. The van der Waals surface area contributed by atoms with Gasteiger partial charge in [0.25, 0.3) is 5.91 Å². The van der Waals surface area contributed by atoms with Crippen LogP contribution in [-0.2, 0) is 9.59 Å². The predicted molar refractivity (Wildman–Crippen MR) is 149 cm³/mol. The van der Waals surface area contributed by atoms with E-state index in [0.29, 0.717) is 24.6 Å². The summed E-state index contributed by atoms with van der Waals surface area (Å²) in [6, 6.07) is 1.20. The van der Waals surface area contributed by atoms with E-state index in [0.717, 1.165) is 12.8 Å². The summed E-state index contributed by atoms with van der Waals surface area (Å²) in [6.07, 6.45) is 0.103. The van der Waals surface area contributed by atoms with Gasteiger partial charge in [0.2, 0.25) is 5.78 Å². The summed E-state index contributed by atoms with van der Waals surface area (Å²) in [7, 11) is 2.95. The number of aliphatic hydroxyl groups is 4. The molecule has 226 valence electrons. The molecule has 4 aliphatic rings. The molecule has 0 saturated carbocycles. The molecule has 42 heavy (non-hydrogen) atoms. The van der Waals surface area contributed by atoms with Gasteiger partial charge in [-0.05, 0) is 44.0 Å². The second-order valence-electron chi connectivity index (χ2n) is 11.9. The zero-order valence-corrected chi connectivity index (χ0v) is 23.8. The van der Waals surface area contributed by atoms with Crippen molar-refractivity contribution in [3.05, 3.63) is 45.9 Å². The molecule has 5 rings (SSSR count). The number of urea groups is 1. The minimum Gasteiger partial charge on any atom is -0.510 e. The van der Waals surface area contributed by atoms with Crippen LogP contribution in [-0.4, -0.2) is 104 Å². The fourth-order valence-corrected chi connectivity index (χ4v) is 7.27. The van der Waals surface area contributed by atoms with Gasteiger partial charge in [0.1, 0.15) is 17.1 Å². The quantitative estimate of drug-likeness (QED) is 0.196. The molecule has 3 aliphatic carbocycles. The summed E-state index contributed by atoms with van der Waals surface area (Å²) in [5.41, 5.74) is 0.895. The van der Waals surface area contributed by atoms with Gasteiger partial charge in [-0.1, -0.05) is 26.3 Å². The molecule has 1 heterocycles. The highest BCUT2D eigenvalue weighted by Gasteiger charge is 2.67. The summed E-state index contributed by atoms with van der Waals surface area (Å²) in [4.78, 5) is 55.5. The maximum absolute atomic E-state index is 14.0. The Bertz CT molecular complexity index is 1470. The Morgan fingerprint density at radius 1 is 1.19 bits per heavy atom. The lowest BCUT2D eigenvalue weighted by Crippen LogP contribution is -2.68. The third-order valence-electron chi connectivity index (χ3n) is 9.52. The average molecular weight is 585 g/mol. The number of carbonyl (C=O) groups is 4. The molecule has 0 radical (unpaired) electrons. The Labute approximate surface area is 241 Å². The molecule has 8 N–H and O–H groups in total. The van der Waals surface area contributed by atoms with Gasteiger partial charge in [-0.25, -0.2) is 4.79 Å². The van der Waals surface area contributed by atoms with Crippen LogP contribution < -0.4 is 11.1 Å². The lowest BCUT2D eigenvalue weighted by molar-refractivity contribution is -0.162. The molecule has 13 heteroatoms. The molecular formula is C29H36N4O9. The van der Waals surface area contributed by atoms with Gasteiger partial charge in [-0.2, -0.15) is 0 Å². The number of carbonyl (C=O) groups excluding carboxylic acids is 4. The van der Waals surface area contributed by atoms with E-state index in [1.165, 1.54) is 31.1 Å². The number of anilines is 1. The lowest BCUT2D eigenvalue weighted by Gasteiger charge is -2.53. The Morgan fingerprint density at radius 3 is 2.43 bits per heavy atom. The van der Waals surface area contributed by atoms with Gasteiger partial charge in [0.15, 0.2) is 17.1 Å². The molecule has 13 nitrogen and oxygen atoms in total. The molecule has 1 saturated heterocycles. The van der Waals surface area contributed by atoms with Crippen molar-refractivity contribution in [1.29, 1.82) is 0 Å². The number of phenolic OH excluding ortho intramolecular Hbond substituents is 1. The van der Waals surface area contributed by atoms with E-state index < -0.39 is 87.4 Å². The van der Waals surface area contributed by atoms with Gasteiger partial charge in [0.05, 0.1) is 29.3 Å². The van der Waals surface area contributed by atoms with Crippen LogP contribution in [0.3, 0.4) is 0 Å². The second-order valence-corrected chi connectivity index (χ2v) is 11.9. The number of phenols is 1. The van der Waals surface area contributed by atoms with Crippen molar-refractivity contribution in [3.8, 4) is 5.75 Å². The molecule has 1 aromatic rings. The number of nitrogens with one attached hydrogen (secondary N) is 1. The summed E-state index contributed by atoms with van der Waals surface area (Å²) < 4.78 is 0. The zero-order chi connectivity index (χ0) is 31.0. The highest BCUT2D eigenvalue weighted by Crippen LogP contribution is 2.56. The van der Waals surface area contributed by atoms with E-state index in [9.17, 15) is 44.7 Å². The molecule has 7 atom stereocenters. The summed E-state index contributed by atoms with van der Waals surface area (Å²) in [6.45, 7) is 4.79. The van der Waals surface area contributed by atoms with Crippen LogP contribution >= 0.6 is 0 Å². The molecule has 1 aromatic carbocycles. The zero-order valence-electron chi connectivity index (χ0n) is 23.8. The van der Waals surface area contributed by atoms with Crippen molar-refractivity contribution >= 4 is 29.2 Å². The largest absolute Gasteiger partial charge is 0.510 e. The van der Waals surface area contributed by atoms with Crippen molar-refractivity contribution in [2.75, 3.05) is 32.5 Å². The normalized spacial score (nSPS) is 32.6. The standard InChI is InChI=1S/C29H36N4O9/c1-5-12-8-9-33(10-12)28(41)31-14-7-6-13-11(2)15-17(22(35)16(13)21(14)34)25(38)29(42)19(23(15)36)20(32(3)4)24(37)18(26(29)39)27(30)40/h6-7,11-12,15,19-20,23,34,36-38,42H,5,8-10H2,1-4H3,(H2,30,40)(H,31,41)/t11?,12?,15?,19?,20-,23?,29-/m0/s1. The lowest BCUT2D eigenvalue weighted by atomic mass is 9.55. The number of rotatable bonds is 4. The molecular weight excluding hydrogens is 548 g/mol. The number of nitrogens with two attached hydrogens (primary N) is 1. The minimum absolute atomic E-state index is 0.0454. The monoisotopic (exact) mass is 584 g/mol. The van der Waals surface area contributed by atoms with E-state index in [4.69, 9.17) is 5.73 Å². The van der Waals surface area contributed by atoms with Crippen LogP contribution in [0.5, 0.6) is 5.75 Å². The summed E-state index contributed by atoms with van der Waals surface area (Å²) >= 11 is 0. The predicted octanol–water partition coefficient (Wildman–Crippen LogP) is 0.916. The van der Waals surface area contributed by atoms with Crippen molar-refractivity contribution in [2.24, 2.45) is 23.5 Å². The van der Waals surface area contributed by atoms with Gasteiger partial charge in [-0.15, -0.1) is 0 Å². The smallest absolute Gasteiger partial charge is 0.321 e. The second kappa shape index (κ2) is 10.1. The third kappa shape index (κ3) is 3.94. The van der Waals surface area contributed by atoms with Crippen LogP contribution in [0.15, 0.2) is 34.8 Å². The molecule has 0 bridgehead atoms. The van der Waals surface area contributed by atoms with Crippen LogP contribution in [0, 0.1) is 17.8 Å². The SMILES string of the molecule is CCC1CCN(C(=O)Nc2ccc3c(c2O)C(=O)C2=C(O)[C@]4(O)C(=O)C(C(N)=O)=C(O)[C@@H](N(C)C)C4C(O)C2C3C)C1. The number of benzene rings is 1. The molecule has 3 amide bonds. The van der Waals surface area contributed by atoms with Gasteiger partial charge < -0.3 is 41.5 Å². The molecule has 5 unspecified atom stereocenters. The summed E-state index contributed by atoms with van der Waals surface area (Å²) in [5, 5.41) is 59.7. The van der Waals surface area contributed by atoms with E-state index in [-0.39, 0.29) is 11.3 Å². The number of nitrogens with zero attached hydrogens (tertiary/aromatic N) is 2. The Morgan fingerprint density at radius 2 is 1.86 bits per heavy atom. The number of fused-ring (bicyclic) bond motifs is 3. The number of amides is 3. The number of aliphatic hydroxyl groups excluding tert-OH is 3. The Balaban J connectivity index is 1.62. The number of likely N-dealkylation sites (N-methyl/N-ethyl adjacent to an activating group) is 1. The van der Waals surface area contributed by atoms with E-state index in [2.05, 4.69) is 5.32 Å². The topological polar surface area (TPSA) is 214 Å². The molecule has 0 spiro atoms. The van der Waals surface area contributed by atoms with Gasteiger partial charge in [-0.3, -0.25) is 19.3 Å². The fraction of sp³-hybridized carbons (Fsp3) is 0.517. The highest BCUT2D eigenvalue weighted by molar-refractivity contribution is 6.25. The number of Topliss-reactive ketones (excluding diaryl/α,β-unsaturated/α-hetero) is 2. The number of primary amides is 1. The Kier molecular flexibility index (Phi) is 7.11. The van der Waals surface area contributed by atoms with Crippen molar-refractivity contribution < 1.29 is 44.7 Å². The number of hydrogen-bond donors (Lipinski definition) is 7. The molecule has 1 aliphatic heterocycles. The number of aromatic hydroxyl groups is 1. The van der Waals surface area contributed by atoms with E-state index >= 15 is 0 Å². The van der Waals surface area contributed by atoms with Crippen LogP contribution in [0.4, 0.5) is 10.5 Å².